The van der Waals surface area contributed by atoms with Gasteiger partial charge in [-0.2, -0.15) is 0 Å². The Balaban J connectivity index is 2.61. The number of aromatic nitrogens is 1. The normalized spacial score (nSPS) is 10.2. The molecule has 1 aromatic heterocycles. The van der Waals surface area contributed by atoms with Crippen LogP contribution in [-0.4, -0.2) is 11.1 Å². The number of benzene rings is 1. The number of amides is 1. The van der Waals surface area contributed by atoms with Crippen molar-refractivity contribution in [3.63, 3.8) is 0 Å². The molecule has 1 amide bonds. The maximum Gasteiger partial charge on any atom is 0.226 e. The summed E-state index contributed by atoms with van der Waals surface area (Å²) < 4.78 is 14.3. The summed E-state index contributed by atoms with van der Waals surface area (Å²) in [5.41, 5.74) is 3.24. The second-order valence-corrected chi connectivity index (χ2v) is 2.64. The number of carbonyl (C=O) groups is 1. The van der Waals surface area contributed by atoms with Crippen molar-refractivity contribution in [2.45, 2.75) is 0 Å². The van der Waals surface area contributed by atoms with Gasteiger partial charge in [-0.05, 0) is 24.3 Å². The number of fused-ring (bicyclic) bond motifs is 1. The average Bonchev–Trinajstić information content (AvgIpc) is 2.49. The average molecular weight is 178 g/mol. The topological polar surface area (TPSA) is 34.0 Å². The summed E-state index contributed by atoms with van der Waals surface area (Å²) in [4.78, 5) is 10.2. The van der Waals surface area contributed by atoms with E-state index in [9.17, 15) is 9.18 Å². The van der Waals surface area contributed by atoms with Crippen LogP contribution >= 0.6 is 0 Å². The molecule has 0 radical (unpaired) electrons. The maximum absolute atomic E-state index is 12.7. The monoisotopic (exact) mass is 178 g/mol. The van der Waals surface area contributed by atoms with E-state index in [4.69, 9.17) is 0 Å². The molecule has 0 aliphatic heterocycles. The Hall–Kier alpha value is -1.84. The van der Waals surface area contributed by atoms with Crippen molar-refractivity contribution in [2.24, 2.45) is 0 Å². The molecule has 4 heteroatoms. The van der Waals surface area contributed by atoms with Crippen LogP contribution in [0.1, 0.15) is 0 Å². The van der Waals surface area contributed by atoms with Crippen LogP contribution in [0.4, 0.5) is 4.39 Å². The van der Waals surface area contributed by atoms with Crippen LogP contribution in [0.3, 0.4) is 0 Å². The summed E-state index contributed by atoms with van der Waals surface area (Å²) in [5, 5.41) is 0.759. The van der Waals surface area contributed by atoms with Crippen molar-refractivity contribution < 1.29 is 9.18 Å². The predicted molar refractivity (Wildman–Crippen MR) is 47.3 cm³/mol. The van der Waals surface area contributed by atoms with Crippen molar-refractivity contribution in [3.8, 4) is 0 Å². The van der Waals surface area contributed by atoms with E-state index in [1.54, 1.807) is 18.3 Å². The molecule has 0 fully saturated rings. The molecule has 2 rings (SSSR count). The molecule has 0 spiro atoms. The van der Waals surface area contributed by atoms with Crippen LogP contribution in [0.25, 0.3) is 10.9 Å². The number of rotatable bonds is 2. The molecule has 1 aromatic carbocycles. The number of nitrogens with zero attached hydrogens (tertiary/aromatic N) is 1. The molecule has 2 aromatic rings. The van der Waals surface area contributed by atoms with Gasteiger partial charge in [0, 0.05) is 11.6 Å². The van der Waals surface area contributed by atoms with Crippen molar-refractivity contribution in [2.75, 3.05) is 5.43 Å². The molecule has 0 saturated carbocycles. The number of hydrogen-bond acceptors (Lipinski definition) is 1. The first-order chi connectivity index (χ1) is 6.31. The lowest BCUT2D eigenvalue weighted by molar-refractivity contribution is -0.106. The molecule has 66 valence electrons. The van der Waals surface area contributed by atoms with Gasteiger partial charge < -0.3 is 0 Å². The van der Waals surface area contributed by atoms with Crippen LogP contribution in [0.5, 0.6) is 0 Å². The van der Waals surface area contributed by atoms with Gasteiger partial charge >= 0.3 is 0 Å². The van der Waals surface area contributed by atoms with E-state index >= 15 is 0 Å². The third-order valence-electron chi connectivity index (χ3n) is 1.84. The second-order valence-electron chi connectivity index (χ2n) is 2.64. The van der Waals surface area contributed by atoms with Gasteiger partial charge in [-0.15, -0.1) is 0 Å². The molecule has 0 aliphatic rings. The van der Waals surface area contributed by atoms with Crippen LogP contribution in [0.15, 0.2) is 30.5 Å². The molecule has 1 N–H and O–H groups in total. The summed E-state index contributed by atoms with van der Waals surface area (Å²) in [6.45, 7) is 0. The number of nitrogens with one attached hydrogen (secondary N) is 1. The summed E-state index contributed by atoms with van der Waals surface area (Å²) >= 11 is 0. The van der Waals surface area contributed by atoms with Gasteiger partial charge in [0.25, 0.3) is 0 Å². The molecule has 1 heterocycles. The number of hydrogen-bond donors (Lipinski definition) is 1. The molecule has 0 atom stereocenters. The summed E-state index contributed by atoms with van der Waals surface area (Å²) in [6, 6.07) is 6.11. The van der Waals surface area contributed by atoms with Crippen LogP contribution < -0.4 is 5.43 Å². The van der Waals surface area contributed by atoms with Crippen LogP contribution in [0, 0.1) is 5.82 Å². The smallest absolute Gasteiger partial charge is 0.226 e. The van der Waals surface area contributed by atoms with E-state index in [-0.39, 0.29) is 5.82 Å². The fraction of sp³-hybridized carbons (Fsp3) is 0. The lowest BCUT2D eigenvalue weighted by Gasteiger charge is -2.00. The molecular formula is C9H7FN2O. The lowest BCUT2D eigenvalue weighted by atomic mass is 10.2. The van der Waals surface area contributed by atoms with Gasteiger partial charge in [-0.3, -0.25) is 14.9 Å². The Labute approximate surface area is 73.7 Å². The van der Waals surface area contributed by atoms with E-state index in [1.807, 2.05) is 0 Å². The van der Waals surface area contributed by atoms with Gasteiger partial charge in [-0.1, -0.05) is 0 Å². The Bertz CT molecular complexity index is 450. The highest BCUT2D eigenvalue weighted by Crippen LogP contribution is 2.15. The predicted octanol–water partition coefficient (Wildman–Crippen LogP) is 1.48. The third-order valence-corrected chi connectivity index (χ3v) is 1.84. The summed E-state index contributed by atoms with van der Waals surface area (Å²) in [7, 11) is 0. The first kappa shape index (κ1) is 7.79. The highest BCUT2D eigenvalue weighted by Gasteiger charge is 2.00. The molecule has 3 nitrogen and oxygen atoms in total. The standard InChI is InChI=1S/C9H7FN2O/c10-8-1-2-9-7(5-8)3-4-12(9)11-6-13/h1-6H,(H,11,13). The van der Waals surface area contributed by atoms with Crippen molar-refractivity contribution in [1.82, 2.24) is 4.68 Å². The van der Waals surface area contributed by atoms with E-state index < -0.39 is 0 Å². The SMILES string of the molecule is O=CNn1ccc2cc(F)ccc21. The zero-order valence-corrected chi connectivity index (χ0v) is 6.70. The molecule has 0 unspecified atom stereocenters. The Morgan fingerprint density at radius 2 is 2.23 bits per heavy atom. The molecule has 13 heavy (non-hydrogen) atoms. The van der Waals surface area contributed by atoms with E-state index in [0.29, 0.717) is 6.41 Å². The first-order valence-electron chi connectivity index (χ1n) is 3.78. The molecule has 0 saturated heterocycles. The molecule has 0 bridgehead atoms. The van der Waals surface area contributed by atoms with Gasteiger partial charge in [0.2, 0.25) is 6.41 Å². The number of halogens is 1. The summed E-state index contributed by atoms with van der Waals surface area (Å²) in [6.07, 6.45) is 2.24. The Morgan fingerprint density at radius 3 is 3.00 bits per heavy atom. The zero-order valence-electron chi connectivity index (χ0n) is 6.70. The van der Waals surface area contributed by atoms with Crippen molar-refractivity contribution >= 4 is 17.3 Å². The highest BCUT2D eigenvalue weighted by molar-refractivity contribution is 5.81. The van der Waals surface area contributed by atoms with Crippen LogP contribution in [-0.2, 0) is 4.79 Å². The van der Waals surface area contributed by atoms with Gasteiger partial charge in [0.05, 0.1) is 5.52 Å². The first-order valence-corrected chi connectivity index (χ1v) is 3.78. The highest BCUT2D eigenvalue weighted by atomic mass is 19.1. The van der Waals surface area contributed by atoms with Crippen molar-refractivity contribution in [1.29, 1.82) is 0 Å². The van der Waals surface area contributed by atoms with Crippen LogP contribution in [0.2, 0.25) is 0 Å². The van der Waals surface area contributed by atoms with Gasteiger partial charge in [-0.25, -0.2) is 4.39 Å². The van der Waals surface area contributed by atoms with Gasteiger partial charge in [0.15, 0.2) is 0 Å². The number of carbonyl (C=O) groups excluding carboxylic acids is 1. The van der Waals surface area contributed by atoms with Crippen molar-refractivity contribution in [3.05, 3.63) is 36.3 Å². The Morgan fingerprint density at radius 1 is 1.38 bits per heavy atom. The minimum atomic E-state index is -0.281. The minimum absolute atomic E-state index is 0.281. The zero-order chi connectivity index (χ0) is 9.26. The second kappa shape index (κ2) is 2.90. The van der Waals surface area contributed by atoms with E-state index in [0.717, 1.165) is 10.9 Å². The fourth-order valence-electron chi connectivity index (χ4n) is 1.28. The van der Waals surface area contributed by atoms with Gasteiger partial charge in [0.1, 0.15) is 5.82 Å². The lowest BCUT2D eigenvalue weighted by Crippen LogP contribution is -2.09. The quantitative estimate of drug-likeness (QED) is 0.694. The van der Waals surface area contributed by atoms with E-state index in [2.05, 4.69) is 5.43 Å². The maximum atomic E-state index is 12.7. The summed E-state index contributed by atoms with van der Waals surface area (Å²) in [5.74, 6) is -0.281. The fourth-order valence-corrected chi connectivity index (χ4v) is 1.28. The Kier molecular flexibility index (Phi) is 1.73. The largest absolute Gasteiger partial charge is 0.277 e. The third kappa shape index (κ3) is 1.26. The van der Waals surface area contributed by atoms with E-state index in [1.165, 1.54) is 16.8 Å². The molecular weight excluding hydrogens is 171 g/mol. The molecule has 0 aliphatic carbocycles. The minimum Gasteiger partial charge on any atom is -0.277 e.